The van der Waals surface area contributed by atoms with Gasteiger partial charge in [-0.2, -0.15) is 0 Å². The van der Waals surface area contributed by atoms with Crippen LogP contribution in [0.25, 0.3) is 0 Å². The molecule has 0 heterocycles. The van der Waals surface area contributed by atoms with E-state index in [9.17, 15) is 0 Å². The molecule has 0 aromatic heterocycles. The van der Waals surface area contributed by atoms with E-state index in [1.54, 1.807) is 13.8 Å². The topological polar surface area (TPSA) is 58.9 Å². The maximum absolute atomic E-state index is 8.27. The fourth-order valence-electron chi connectivity index (χ4n) is 0.302. The molecule has 4 nitrogen and oxygen atoms in total. The predicted octanol–water partition coefficient (Wildman–Crippen LogP) is -0.645. The maximum atomic E-state index is 8.27. The molecule has 0 aliphatic heterocycles. The molecule has 0 fully saturated rings. The Kier molecular flexibility index (Phi) is 3.14. The van der Waals surface area contributed by atoms with E-state index in [1.165, 1.54) is 7.11 Å². The average Bonchev–Trinajstić information content (AvgIpc) is 1.63. The van der Waals surface area contributed by atoms with Gasteiger partial charge in [-0.3, -0.25) is 0 Å². The van der Waals surface area contributed by atoms with Crippen LogP contribution in [0.1, 0.15) is 13.8 Å². The SMILES string of the molecule is COC(C)(C)OB(O)O. The first-order valence-electron chi connectivity index (χ1n) is 2.57. The lowest BCUT2D eigenvalue weighted by atomic mass is 10.2. The Labute approximate surface area is 54.6 Å². The maximum Gasteiger partial charge on any atom is 0.636 e. The van der Waals surface area contributed by atoms with Crippen LogP contribution in [0.4, 0.5) is 0 Å². The Hall–Kier alpha value is -0.0951. The van der Waals surface area contributed by atoms with E-state index in [2.05, 4.69) is 4.65 Å². The van der Waals surface area contributed by atoms with Gasteiger partial charge in [0.25, 0.3) is 0 Å². The lowest BCUT2D eigenvalue weighted by Gasteiger charge is -2.22. The second kappa shape index (κ2) is 3.17. The van der Waals surface area contributed by atoms with Gasteiger partial charge in [0.1, 0.15) is 0 Å². The standard InChI is InChI=1S/C4H11BO4/c1-4(2,8-3)9-5(6)7/h6-7H,1-3H3. The molecule has 0 spiro atoms. The molecule has 0 atom stereocenters. The van der Waals surface area contributed by atoms with Crippen molar-refractivity contribution in [3.8, 4) is 0 Å². The van der Waals surface area contributed by atoms with Gasteiger partial charge in [0, 0.05) is 7.11 Å². The fourth-order valence-corrected chi connectivity index (χ4v) is 0.302. The van der Waals surface area contributed by atoms with Gasteiger partial charge >= 0.3 is 7.32 Å². The second-order valence-corrected chi connectivity index (χ2v) is 2.05. The molecule has 0 aromatic carbocycles. The molecule has 0 aliphatic rings. The normalized spacial score (nSPS) is 11.7. The van der Waals surface area contributed by atoms with E-state index in [-0.39, 0.29) is 0 Å². The van der Waals surface area contributed by atoms with Crippen LogP contribution in [0.3, 0.4) is 0 Å². The molecule has 0 radical (unpaired) electrons. The van der Waals surface area contributed by atoms with Gasteiger partial charge in [0.15, 0.2) is 5.79 Å². The molecular formula is C4H11BO4. The summed E-state index contributed by atoms with van der Waals surface area (Å²) < 4.78 is 9.18. The quantitative estimate of drug-likeness (QED) is 0.398. The summed E-state index contributed by atoms with van der Waals surface area (Å²) in [5.41, 5.74) is 0. The van der Waals surface area contributed by atoms with Crippen molar-refractivity contribution in [2.75, 3.05) is 7.11 Å². The van der Waals surface area contributed by atoms with Crippen molar-refractivity contribution in [1.82, 2.24) is 0 Å². The van der Waals surface area contributed by atoms with Crippen LogP contribution in [0.5, 0.6) is 0 Å². The number of ether oxygens (including phenoxy) is 1. The smallest absolute Gasteiger partial charge is 0.402 e. The highest BCUT2D eigenvalue weighted by Crippen LogP contribution is 2.08. The molecule has 2 N–H and O–H groups in total. The summed E-state index contributed by atoms with van der Waals surface area (Å²) in [7, 11) is -0.359. The summed E-state index contributed by atoms with van der Waals surface area (Å²) in [5, 5.41) is 16.5. The van der Waals surface area contributed by atoms with Gasteiger partial charge in [-0.15, -0.1) is 0 Å². The number of methoxy groups -OCH3 is 1. The first kappa shape index (κ1) is 8.90. The van der Waals surface area contributed by atoms with Gasteiger partial charge in [0.05, 0.1) is 0 Å². The lowest BCUT2D eigenvalue weighted by molar-refractivity contribution is -0.154. The minimum atomic E-state index is -1.78. The predicted molar refractivity (Wildman–Crippen MR) is 32.4 cm³/mol. The highest BCUT2D eigenvalue weighted by molar-refractivity contribution is 6.32. The minimum Gasteiger partial charge on any atom is -0.402 e. The van der Waals surface area contributed by atoms with Gasteiger partial charge in [-0.25, -0.2) is 0 Å². The van der Waals surface area contributed by atoms with Crippen molar-refractivity contribution < 1.29 is 19.4 Å². The summed E-state index contributed by atoms with van der Waals surface area (Å²) in [5.74, 6) is -0.936. The highest BCUT2D eigenvalue weighted by Gasteiger charge is 2.24. The van der Waals surface area contributed by atoms with Crippen LogP contribution in [0, 0.1) is 0 Å². The molecule has 0 aliphatic carbocycles. The van der Waals surface area contributed by atoms with Crippen LogP contribution >= 0.6 is 0 Å². The zero-order valence-electron chi connectivity index (χ0n) is 5.79. The Morgan fingerprint density at radius 2 is 1.78 bits per heavy atom. The fraction of sp³-hybridized carbons (Fsp3) is 1.00. The molecule has 0 rings (SSSR count). The first-order chi connectivity index (χ1) is 3.98. The number of hydrogen-bond donors (Lipinski definition) is 2. The van der Waals surface area contributed by atoms with Crippen molar-refractivity contribution in [3.05, 3.63) is 0 Å². The monoisotopic (exact) mass is 134 g/mol. The molecule has 0 saturated carbocycles. The van der Waals surface area contributed by atoms with E-state index < -0.39 is 13.1 Å². The first-order valence-corrected chi connectivity index (χ1v) is 2.57. The van der Waals surface area contributed by atoms with E-state index in [0.29, 0.717) is 0 Å². The zero-order chi connectivity index (χ0) is 7.49. The van der Waals surface area contributed by atoms with Crippen molar-refractivity contribution in [1.29, 1.82) is 0 Å². The van der Waals surface area contributed by atoms with E-state index in [4.69, 9.17) is 14.8 Å². The van der Waals surface area contributed by atoms with Crippen LogP contribution in [0.2, 0.25) is 0 Å². The Bertz CT molecular complexity index is 82.6. The molecule has 0 saturated heterocycles. The summed E-state index contributed by atoms with van der Waals surface area (Å²) in [6.07, 6.45) is 0. The molecular weight excluding hydrogens is 123 g/mol. The summed E-state index contributed by atoms with van der Waals surface area (Å²) in [4.78, 5) is 0. The Balaban J connectivity index is 3.58. The molecule has 0 amide bonds. The van der Waals surface area contributed by atoms with Gasteiger partial charge in [-0.1, -0.05) is 0 Å². The van der Waals surface area contributed by atoms with E-state index >= 15 is 0 Å². The minimum absolute atomic E-state index is 0.936. The Morgan fingerprint density at radius 1 is 1.33 bits per heavy atom. The van der Waals surface area contributed by atoms with Crippen molar-refractivity contribution in [2.45, 2.75) is 19.6 Å². The lowest BCUT2D eigenvalue weighted by Crippen LogP contribution is -2.35. The largest absolute Gasteiger partial charge is 0.636 e. The van der Waals surface area contributed by atoms with Crippen LogP contribution in [-0.2, 0) is 9.39 Å². The molecule has 9 heavy (non-hydrogen) atoms. The second-order valence-electron chi connectivity index (χ2n) is 2.05. The van der Waals surface area contributed by atoms with Gasteiger partial charge in [0.2, 0.25) is 0 Å². The Morgan fingerprint density at radius 3 is 1.89 bits per heavy atom. The van der Waals surface area contributed by atoms with Gasteiger partial charge < -0.3 is 19.4 Å². The molecule has 5 heteroatoms. The average molecular weight is 134 g/mol. The van der Waals surface area contributed by atoms with E-state index in [0.717, 1.165) is 0 Å². The summed E-state index contributed by atoms with van der Waals surface area (Å²) in [6, 6.07) is 0. The number of hydrogen-bond acceptors (Lipinski definition) is 4. The van der Waals surface area contributed by atoms with Crippen molar-refractivity contribution in [3.63, 3.8) is 0 Å². The highest BCUT2D eigenvalue weighted by atomic mass is 16.7. The molecule has 0 bridgehead atoms. The third-order valence-electron chi connectivity index (χ3n) is 0.881. The molecule has 0 unspecified atom stereocenters. The van der Waals surface area contributed by atoms with Crippen LogP contribution < -0.4 is 0 Å². The number of rotatable bonds is 3. The third kappa shape index (κ3) is 4.41. The van der Waals surface area contributed by atoms with Crippen LogP contribution in [0.15, 0.2) is 0 Å². The van der Waals surface area contributed by atoms with Crippen molar-refractivity contribution >= 4 is 7.32 Å². The summed E-state index contributed by atoms with van der Waals surface area (Å²) >= 11 is 0. The molecule has 0 aromatic rings. The van der Waals surface area contributed by atoms with Gasteiger partial charge in [-0.05, 0) is 13.8 Å². The molecule has 54 valence electrons. The summed E-state index contributed by atoms with van der Waals surface area (Å²) in [6.45, 7) is 3.15. The van der Waals surface area contributed by atoms with Crippen molar-refractivity contribution in [2.24, 2.45) is 0 Å². The van der Waals surface area contributed by atoms with Crippen LogP contribution in [-0.4, -0.2) is 30.3 Å². The zero-order valence-corrected chi connectivity index (χ0v) is 5.79. The third-order valence-corrected chi connectivity index (χ3v) is 0.881. The van der Waals surface area contributed by atoms with E-state index in [1.807, 2.05) is 0 Å².